The van der Waals surface area contributed by atoms with Crippen molar-refractivity contribution in [3.63, 3.8) is 0 Å². The number of likely N-dealkylation sites (tertiary alicyclic amines) is 3. The number of carbonyl (C=O) groups is 1. The third-order valence-electron chi connectivity index (χ3n) is 7.09. The van der Waals surface area contributed by atoms with Crippen molar-refractivity contribution in [2.45, 2.75) is 64.5 Å². The normalized spacial score (nSPS) is 25.5. The van der Waals surface area contributed by atoms with Crippen LogP contribution in [-0.2, 0) is 11.3 Å². The van der Waals surface area contributed by atoms with E-state index in [1.54, 1.807) is 0 Å². The van der Waals surface area contributed by atoms with Crippen molar-refractivity contribution in [2.24, 2.45) is 5.92 Å². The number of hydrogen-bond acceptors (Lipinski definition) is 4. The first kappa shape index (κ1) is 19.9. The molecule has 6 nitrogen and oxygen atoms in total. The third kappa shape index (κ3) is 4.77. The van der Waals surface area contributed by atoms with Crippen LogP contribution in [-0.4, -0.2) is 82.0 Å². The van der Waals surface area contributed by atoms with Crippen LogP contribution in [0.3, 0.4) is 0 Å². The molecule has 4 rings (SSSR count). The van der Waals surface area contributed by atoms with Crippen LogP contribution in [0.4, 0.5) is 0 Å². The summed E-state index contributed by atoms with van der Waals surface area (Å²) in [6.45, 7) is 10.9. The van der Waals surface area contributed by atoms with Gasteiger partial charge in [-0.1, -0.05) is 0 Å². The molecule has 0 aliphatic carbocycles. The predicted octanol–water partition coefficient (Wildman–Crippen LogP) is 2.38. The van der Waals surface area contributed by atoms with Gasteiger partial charge in [-0.25, -0.2) is 4.98 Å². The molecular formula is C22H37N5O. The molecule has 1 atom stereocenters. The fourth-order valence-corrected chi connectivity index (χ4v) is 5.35. The van der Waals surface area contributed by atoms with Crippen molar-refractivity contribution in [2.75, 3.05) is 45.8 Å². The molecule has 0 radical (unpaired) electrons. The summed E-state index contributed by atoms with van der Waals surface area (Å²) in [7, 11) is 0. The molecule has 0 aromatic carbocycles. The Morgan fingerprint density at radius 2 is 1.82 bits per heavy atom. The Kier molecular flexibility index (Phi) is 6.68. The molecule has 0 N–H and O–H groups in total. The van der Waals surface area contributed by atoms with Gasteiger partial charge in [-0.05, 0) is 78.0 Å². The van der Waals surface area contributed by atoms with Gasteiger partial charge in [0.15, 0.2) is 0 Å². The summed E-state index contributed by atoms with van der Waals surface area (Å²) in [5.74, 6) is 1.81. The number of carbonyl (C=O) groups excluding carboxylic acids is 1. The number of nitrogens with zero attached hydrogens (tertiary/aromatic N) is 5. The van der Waals surface area contributed by atoms with Gasteiger partial charge < -0.3 is 14.4 Å². The summed E-state index contributed by atoms with van der Waals surface area (Å²) in [5, 5.41) is 0. The minimum atomic E-state index is 0.253. The molecular weight excluding hydrogens is 350 g/mol. The molecule has 0 saturated carbocycles. The van der Waals surface area contributed by atoms with Crippen molar-refractivity contribution in [1.29, 1.82) is 0 Å². The molecule has 0 spiro atoms. The molecule has 0 bridgehead atoms. The third-order valence-corrected chi connectivity index (χ3v) is 7.09. The maximum Gasteiger partial charge on any atom is 0.226 e. The zero-order valence-corrected chi connectivity index (χ0v) is 17.6. The van der Waals surface area contributed by atoms with E-state index in [-0.39, 0.29) is 5.92 Å². The maximum atomic E-state index is 12.8. The predicted molar refractivity (Wildman–Crippen MR) is 111 cm³/mol. The molecule has 0 unspecified atom stereocenters. The average molecular weight is 388 g/mol. The van der Waals surface area contributed by atoms with E-state index in [9.17, 15) is 4.79 Å². The summed E-state index contributed by atoms with van der Waals surface area (Å²) in [6.07, 6.45) is 12.4. The summed E-state index contributed by atoms with van der Waals surface area (Å²) < 4.78 is 2.25. The maximum absolute atomic E-state index is 12.8. The van der Waals surface area contributed by atoms with E-state index in [1.165, 1.54) is 64.7 Å². The zero-order chi connectivity index (χ0) is 19.3. The van der Waals surface area contributed by atoms with E-state index in [0.29, 0.717) is 11.9 Å². The smallest absolute Gasteiger partial charge is 0.226 e. The lowest BCUT2D eigenvalue weighted by molar-refractivity contribution is -0.136. The number of aromatic nitrogens is 2. The second kappa shape index (κ2) is 9.40. The number of hydrogen-bond donors (Lipinski definition) is 0. The van der Waals surface area contributed by atoms with Gasteiger partial charge in [0, 0.05) is 44.6 Å². The van der Waals surface area contributed by atoms with Gasteiger partial charge in [0.05, 0.1) is 5.92 Å². The zero-order valence-electron chi connectivity index (χ0n) is 17.6. The number of aryl methyl sites for hydroxylation is 2. The number of rotatable bonds is 6. The van der Waals surface area contributed by atoms with Gasteiger partial charge in [0.25, 0.3) is 0 Å². The Hall–Kier alpha value is -1.40. The first-order valence-electron chi connectivity index (χ1n) is 11.4. The van der Waals surface area contributed by atoms with Gasteiger partial charge in [-0.3, -0.25) is 9.69 Å². The highest BCUT2D eigenvalue weighted by molar-refractivity contribution is 5.79. The van der Waals surface area contributed by atoms with E-state index in [2.05, 4.69) is 37.4 Å². The molecule has 1 aromatic heterocycles. The van der Waals surface area contributed by atoms with E-state index < -0.39 is 0 Å². The molecule has 6 heteroatoms. The molecule has 3 saturated heterocycles. The van der Waals surface area contributed by atoms with Crippen LogP contribution < -0.4 is 0 Å². The van der Waals surface area contributed by atoms with E-state index in [0.717, 1.165) is 38.4 Å². The van der Waals surface area contributed by atoms with E-state index in [1.807, 2.05) is 6.20 Å². The van der Waals surface area contributed by atoms with Crippen LogP contribution in [0.1, 0.15) is 50.8 Å². The lowest BCUT2D eigenvalue weighted by Gasteiger charge is -2.42. The summed E-state index contributed by atoms with van der Waals surface area (Å²) in [6, 6.07) is 0.682. The lowest BCUT2D eigenvalue weighted by atomic mass is 9.93. The second-order valence-corrected chi connectivity index (χ2v) is 8.96. The SMILES string of the molecule is Cc1nccn1CCCN1CCC(N2CCC[C@@H](C(=O)N3CCCC3)C2)CC1. The van der Waals surface area contributed by atoms with Crippen LogP contribution in [0.2, 0.25) is 0 Å². The molecule has 3 aliphatic rings. The van der Waals surface area contributed by atoms with Crippen LogP contribution in [0, 0.1) is 12.8 Å². The first-order valence-corrected chi connectivity index (χ1v) is 11.4. The second-order valence-electron chi connectivity index (χ2n) is 8.96. The highest BCUT2D eigenvalue weighted by atomic mass is 16.2. The van der Waals surface area contributed by atoms with Crippen molar-refractivity contribution in [1.82, 2.24) is 24.3 Å². The Morgan fingerprint density at radius 1 is 1.04 bits per heavy atom. The van der Waals surface area contributed by atoms with E-state index >= 15 is 0 Å². The van der Waals surface area contributed by atoms with Crippen molar-refractivity contribution in [3.05, 3.63) is 18.2 Å². The fraction of sp³-hybridized carbons (Fsp3) is 0.818. The molecule has 4 heterocycles. The summed E-state index contributed by atoms with van der Waals surface area (Å²) in [5.41, 5.74) is 0. The molecule has 3 fully saturated rings. The van der Waals surface area contributed by atoms with Gasteiger partial charge >= 0.3 is 0 Å². The summed E-state index contributed by atoms with van der Waals surface area (Å²) in [4.78, 5) is 24.5. The van der Waals surface area contributed by atoms with Gasteiger partial charge in [0.2, 0.25) is 5.91 Å². The van der Waals surface area contributed by atoms with Crippen molar-refractivity contribution < 1.29 is 4.79 Å². The van der Waals surface area contributed by atoms with Gasteiger partial charge in [-0.15, -0.1) is 0 Å². The van der Waals surface area contributed by atoms with E-state index in [4.69, 9.17) is 0 Å². The molecule has 3 aliphatic heterocycles. The van der Waals surface area contributed by atoms with Gasteiger partial charge in [0.1, 0.15) is 5.82 Å². The highest BCUT2D eigenvalue weighted by Gasteiger charge is 2.34. The van der Waals surface area contributed by atoms with Crippen molar-refractivity contribution >= 4 is 5.91 Å². The topological polar surface area (TPSA) is 44.6 Å². The van der Waals surface area contributed by atoms with Gasteiger partial charge in [-0.2, -0.15) is 0 Å². The molecule has 1 amide bonds. The number of imidazole rings is 1. The fourth-order valence-electron chi connectivity index (χ4n) is 5.35. The molecule has 28 heavy (non-hydrogen) atoms. The largest absolute Gasteiger partial charge is 0.342 e. The number of piperidine rings is 2. The van der Waals surface area contributed by atoms with Crippen molar-refractivity contribution in [3.8, 4) is 0 Å². The number of amides is 1. The minimum Gasteiger partial charge on any atom is -0.342 e. The Labute approximate surface area is 169 Å². The molecule has 1 aromatic rings. The quantitative estimate of drug-likeness (QED) is 0.752. The minimum absolute atomic E-state index is 0.253. The lowest BCUT2D eigenvalue weighted by Crippen LogP contribution is -2.51. The standard InChI is InChI=1S/C22H37N5O/c1-19-23-9-17-25(19)14-5-10-24-15-7-21(8-16-24)27-13-4-6-20(18-27)22(28)26-11-2-3-12-26/h9,17,20-21H,2-8,10-16,18H2,1H3/t20-/m1/s1. The molecule has 156 valence electrons. The van der Waals surface area contributed by atoms with Crippen LogP contribution >= 0.6 is 0 Å². The Balaban J connectivity index is 1.19. The first-order chi connectivity index (χ1) is 13.7. The van der Waals surface area contributed by atoms with Crippen LogP contribution in [0.25, 0.3) is 0 Å². The monoisotopic (exact) mass is 387 g/mol. The average Bonchev–Trinajstić information content (AvgIpc) is 3.40. The Morgan fingerprint density at radius 3 is 2.54 bits per heavy atom. The Bertz CT molecular complexity index is 631. The highest BCUT2D eigenvalue weighted by Crippen LogP contribution is 2.26. The van der Waals surface area contributed by atoms with Crippen LogP contribution in [0.5, 0.6) is 0 Å². The summed E-state index contributed by atoms with van der Waals surface area (Å²) >= 11 is 0. The van der Waals surface area contributed by atoms with Crippen LogP contribution in [0.15, 0.2) is 12.4 Å².